The van der Waals surface area contributed by atoms with Gasteiger partial charge >= 0.3 is 0 Å². The molecule has 1 aromatic carbocycles. The number of rotatable bonds is 6. The summed E-state index contributed by atoms with van der Waals surface area (Å²) in [6, 6.07) is 9.11. The number of H-pyrrole nitrogens is 1. The summed E-state index contributed by atoms with van der Waals surface area (Å²) >= 11 is 0. The molecule has 0 aliphatic heterocycles. The number of benzene rings is 1. The fourth-order valence-electron chi connectivity index (χ4n) is 1.64. The number of nitrogens with zero attached hydrogens (tertiary/aromatic N) is 1. The van der Waals surface area contributed by atoms with E-state index in [2.05, 4.69) is 14.7 Å². The molecule has 2 rings (SSSR count). The van der Waals surface area contributed by atoms with Crippen LogP contribution < -0.4 is 4.72 Å². The third-order valence-electron chi connectivity index (χ3n) is 2.66. The monoisotopic (exact) mass is 281 g/mol. The van der Waals surface area contributed by atoms with E-state index in [0.717, 1.165) is 5.56 Å². The lowest BCUT2D eigenvalue weighted by molar-refractivity contribution is 0.169. The van der Waals surface area contributed by atoms with Crippen LogP contribution in [-0.4, -0.2) is 30.0 Å². The number of imidazole rings is 1. The smallest absolute Gasteiger partial charge is 0.257 e. The predicted molar refractivity (Wildman–Crippen MR) is 69.8 cm³/mol. The van der Waals surface area contributed by atoms with Gasteiger partial charge in [0, 0.05) is 6.54 Å². The van der Waals surface area contributed by atoms with Gasteiger partial charge in [0.2, 0.25) is 0 Å². The van der Waals surface area contributed by atoms with Gasteiger partial charge in [-0.1, -0.05) is 30.3 Å². The lowest BCUT2D eigenvalue weighted by atomic mass is 10.1. The van der Waals surface area contributed by atoms with Crippen molar-refractivity contribution in [2.24, 2.45) is 0 Å². The van der Waals surface area contributed by atoms with Gasteiger partial charge in [-0.3, -0.25) is 0 Å². The Morgan fingerprint density at radius 2 is 2.05 bits per heavy atom. The minimum absolute atomic E-state index is 0.0155. The number of sulfonamides is 1. The van der Waals surface area contributed by atoms with E-state index in [4.69, 9.17) is 0 Å². The van der Waals surface area contributed by atoms with Crippen molar-refractivity contribution in [2.75, 3.05) is 6.54 Å². The van der Waals surface area contributed by atoms with Gasteiger partial charge < -0.3 is 10.1 Å². The SMILES string of the molecule is O=S(=O)(NCCC(O)c1ccccc1)c1cnc[nH]1. The molecular weight excluding hydrogens is 266 g/mol. The fraction of sp³-hybridized carbons (Fsp3) is 0.250. The molecule has 0 spiro atoms. The molecule has 0 fully saturated rings. The second kappa shape index (κ2) is 5.96. The molecule has 1 atom stereocenters. The van der Waals surface area contributed by atoms with E-state index >= 15 is 0 Å². The standard InChI is InChI=1S/C12H15N3O3S/c16-11(10-4-2-1-3-5-10)6-7-15-19(17,18)12-8-13-9-14-12/h1-5,8-9,11,15-16H,6-7H2,(H,13,14). The van der Waals surface area contributed by atoms with Crippen molar-refractivity contribution in [2.45, 2.75) is 17.6 Å². The van der Waals surface area contributed by atoms with E-state index in [0.29, 0.717) is 6.42 Å². The highest BCUT2D eigenvalue weighted by Gasteiger charge is 2.15. The van der Waals surface area contributed by atoms with Crippen LogP contribution in [0.2, 0.25) is 0 Å². The minimum atomic E-state index is -3.57. The van der Waals surface area contributed by atoms with E-state index in [-0.39, 0.29) is 11.6 Å². The lowest BCUT2D eigenvalue weighted by Gasteiger charge is -2.11. The van der Waals surface area contributed by atoms with Crippen LogP contribution in [0.1, 0.15) is 18.1 Å². The second-order valence-electron chi connectivity index (χ2n) is 4.03. The van der Waals surface area contributed by atoms with Crippen molar-refractivity contribution in [1.82, 2.24) is 14.7 Å². The first-order chi connectivity index (χ1) is 9.09. The summed E-state index contributed by atoms with van der Waals surface area (Å²) in [5, 5.41) is 9.91. The fourth-order valence-corrected chi connectivity index (χ4v) is 2.59. The van der Waals surface area contributed by atoms with Gasteiger partial charge in [-0.2, -0.15) is 0 Å². The van der Waals surface area contributed by atoms with Gasteiger partial charge in [-0.15, -0.1) is 0 Å². The summed E-state index contributed by atoms with van der Waals surface area (Å²) in [5.74, 6) is 0. The van der Waals surface area contributed by atoms with Crippen LogP contribution in [0.4, 0.5) is 0 Å². The van der Waals surface area contributed by atoms with Crippen molar-refractivity contribution >= 4 is 10.0 Å². The Balaban J connectivity index is 1.87. The van der Waals surface area contributed by atoms with E-state index < -0.39 is 16.1 Å². The zero-order valence-corrected chi connectivity index (χ0v) is 11.0. The molecule has 0 aliphatic carbocycles. The zero-order valence-electron chi connectivity index (χ0n) is 10.2. The van der Waals surface area contributed by atoms with Crippen LogP contribution in [0.5, 0.6) is 0 Å². The molecule has 6 nitrogen and oxygen atoms in total. The normalized spacial score (nSPS) is 13.3. The summed E-state index contributed by atoms with van der Waals surface area (Å²) in [7, 11) is -3.57. The quantitative estimate of drug-likeness (QED) is 0.730. The Morgan fingerprint density at radius 3 is 2.68 bits per heavy atom. The molecule has 3 N–H and O–H groups in total. The molecule has 7 heteroatoms. The van der Waals surface area contributed by atoms with Gasteiger partial charge in [0.1, 0.15) is 0 Å². The first kappa shape index (κ1) is 13.7. The highest BCUT2D eigenvalue weighted by atomic mass is 32.2. The predicted octanol–water partition coefficient (Wildman–Crippen LogP) is 0.812. The Bertz CT molecular complexity index is 596. The van der Waals surface area contributed by atoms with E-state index in [1.54, 1.807) is 12.1 Å². The third-order valence-corrected chi connectivity index (χ3v) is 4.04. The first-order valence-electron chi connectivity index (χ1n) is 5.80. The molecule has 1 unspecified atom stereocenters. The van der Waals surface area contributed by atoms with Crippen LogP contribution in [0.3, 0.4) is 0 Å². The largest absolute Gasteiger partial charge is 0.388 e. The van der Waals surface area contributed by atoms with Crippen molar-refractivity contribution in [3.8, 4) is 0 Å². The lowest BCUT2D eigenvalue weighted by Crippen LogP contribution is -2.26. The average Bonchev–Trinajstić information content (AvgIpc) is 2.94. The van der Waals surface area contributed by atoms with E-state index in [9.17, 15) is 13.5 Å². The number of aliphatic hydroxyl groups excluding tert-OH is 1. The van der Waals surface area contributed by atoms with Crippen molar-refractivity contribution in [3.05, 3.63) is 48.4 Å². The van der Waals surface area contributed by atoms with Gasteiger partial charge in [0.25, 0.3) is 10.0 Å². The molecule has 0 aliphatic rings. The van der Waals surface area contributed by atoms with Crippen LogP contribution in [0, 0.1) is 0 Å². The molecule has 0 bridgehead atoms. The maximum atomic E-state index is 11.7. The molecule has 102 valence electrons. The molecule has 19 heavy (non-hydrogen) atoms. The molecule has 0 saturated carbocycles. The van der Waals surface area contributed by atoms with Crippen molar-refractivity contribution in [1.29, 1.82) is 0 Å². The summed E-state index contributed by atoms with van der Waals surface area (Å²) in [4.78, 5) is 6.18. The van der Waals surface area contributed by atoms with Crippen LogP contribution >= 0.6 is 0 Å². The van der Waals surface area contributed by atoms with Gasteiger partial charge in [-0.05, 0) is 12.0 Å². The molecule has 2 aromatic rings. The average molecular weight is 281 g/mol. The molecule has 0 saturated heterocycles. The Labute approximate surface area is 111 Å². The number of nitrogens with one attached hydrogen (secondary N) is 2. The summed E-state index contributed by atoms with van der Waals surface area (Å²) < 4.78 is 25.9. The molecular formula is C12H15N3O3S. The Kier molecular flexibility index (Phi) is 4.31. The highest BCUT2D eigenvalue weighted by Crippen LogP contribution is 2.15. The maximum Gasteiger partial charge on any atom is 0.257 e. The molecule has 0 radical (unpaired) electrons. The van der Waals surface area contributed by atoms with Gasteiger partial charge in [0.05, 0.1) is 18.6 Å². The van der Waals surface area contributed by atoms with Gasteiger partial charge in [0.15, 0.2) is 5.03 Å². The van der Waals surface area contributed by atoms with Crippen LogP contribution in [0.25, 0.3) is 0 Å². The Morgan fingerprint density at radius 1 is 1.32 bits per heavy atom. The minimum Gasteiger partial charge on any atom is -0.388 e. The maximum absolute atomic E-state index is 11.7. The third kappa shape index (κ3) is 3.63. The molecule has 1 heterocycles. The molecule has 0 amide bonds. The highest BCUT2D eigenvalue weighted by molar-refractivity contribution is 7.89. The summed E-state index contributed by atoms with van der Waals surface area (Å²) in [6.45, 7) is 0.150. The van der Waals surface area contributed by atoms with E-state index in [1.165, 1.54) is 12.5 Å². The second-order valence-corrected chi connectivity index (χ2v) is 5.76. The number of aromatic amines is 1. The van der Waals surface area contributed by atoms with E-state index in [1.807, 2.05) is 18.2 Å². The first-order valence-corrected chi connectivity index (χ1v) is 7.29. The topological polar surface area (TPSA) is 95.1 Å². The van der Waals surface area contributed by atoms with Crippen LogP contribution in [-0.2, 0) is 10.0 Å². The Hall–Kier alpha value is -1.70. The van der Waals surface area contributed by atoms with Crippen LogP contribution in [0.15, 0.2) is 47.9 Å². The van der Waals surface area contributed by atoms with Gasteiger partial charge in [-0.25, -0.2) is 18.1 Å². The van der Waals surface area contributed by atoms with Crippen molar-refractivity contribution in [3.63, 3.8) is 0 Å². The zero-order chi connectivity index (χ0) is 13.7. The number of aromatic nitrogens is 2. The number of aliphatic hydroxyl groups is 1. The number of hydrogen-bond donors (Lipinski definition) is 3. The number of hydrogen-bond acceptors (Lipinski definition) is 4. The molecule has 1 aromatic heterocycles. The van der Waals surface area contributed by atoms with Crippen molar-refractivity contribution < 1.29 is 13.5 Å². The summed E-state index contributed by atoms with van der Waals surface area (Å²) in [6.07, 6.45) is 2.14. The summed E-state index contributed by atoms with van der Waals surface area (Å²) in [5.41, 5.74) is 0.767.